The van der Waals surface area contributed by atoms with Crippen molar-refractivity contribution in [3.63, 3.8) is 0 Å². The normalized spacial score (nSPS) is 13.4. The number of nitrogens with one attached hydrogen (secondary N) is 1. The maximum absolute atomic E-state index is 11.1. The molecule has 16 heavy (non-hydrogen) atoms. The first-order chi connectivity index (χ1) is 7.29. The Morgan fingerprint density at radius 3 is 2.75 bits per heavy atom. The quantitative estimate of drug-likeness (QED) is 0.817. The molecule has 1 aromatic heterocycles. The summed E-state index contributed by atoms with van der Waals surface area (Å²) in [7, 11) is -3.00. The van der Waals surface area contributed by atoms with Crippen molar-refractivity contribution in [2.24, 2.45) is 0 Å². The highest BCUT2D eigenvalue weighted by molar-refractivity contribution is 7.90. The molecule has 0 aliphatic heterocycles. The minimum Gasteiger partial charge on any atom is -0.396 e. The summed E-state index contributed by atoms with van der Waals surface area (Å²) in [6.07, 6.45) is 2.85. The molecule has 5 nitrogen and oxygen atoms in total. The molecule has 1 heterocycles. The summed E-state index contributed by atoms with van der Waals surface area (Å²) in [5.74, 6) is 0.596. The lowest BCUT2D eigenvalue weighted by molar-refractivity contribution is 0.598. The molecule has 0 saturated carbocycles. The minimum atomic E-state index is -3.00. The van der Waals surface area contributed by atoms with Crippen LogP contribution < -0.4 is 11.1 Å². The number of nitrogens with zero attached hydrogens (tertiary/aromatic N) is 1. The molecule has 0 aliphatic rings. The van der Waals surface area contributed by atoms with Gasteiger partial charge in [-0.15, -0.1) is 0 Å². The maximum atomic E-state index is 11.1. The second kappa shape index (κ2) is 4.69. The number of anilines is 2. The molecule has 1 unspecified atom stereocenters. The topological polar surface area (TPSA) is 85.1 Å². The fourth-order valence-corrected chi connectivity index (χ4v) is 2.41. The Morgan fingerprint density at radius 1 is 1.56 bits per heavy atom. The molecule has 0 amide bonds. The second-order valence-corrected chi connectivity index (χ2v) is 6.21. The van der Waals surface area contributed by atoms with Crippen molar-refractivity contribution in [1.29, 1.82) is 0 Å². The first-order valence-corrected chi connectivity index (χ1v) is 7.01. The summed E-state index contributed by atoms with van der Waals surface area (Å²) in [6, 6.07) is 1.59. The monoisotopic (exact) mass is 243 g/mol. The average Bonchev–Trinajstić information content (AvgIpc) is 2.09. The Hall–Kier alpha value is -1.30. The van der Waals surface area contributed by atoms with Gasteiger partial charge in [0.1, 0.15) is 15.7 Å². The lowest BCUT2D eigenvalue weighted by Crippen LogP contribution is -2.26. The lowest BCUT2D eigenvalue weighted by Gasteiger charge is -2.15. The molecule has 0 fully saturated rings. The van der Waals surface area contributed by atoms with Crippen LogP contribution in [-0.4, -0.2) is 31.5 Å². The van der Waals surface area contributed by atoms with Gasteiger partial charge in [-0.1, -0.05) is 0 Å². The van der Waals surface area contributed by atoms with Gasteiger partial charge in [0.25, 0.3) is 0 Å². The van der Waals surface area contributed by atoms with Gasteiger partial charge in [-0.3, -0.25) is 0 Å². The van der Waals surface area contributed by atoms with Gasteiger partial charge in [-0.25, -0.2) is 13.4 Å². The molecule has 3 N–H and O–H groups in total. The summed E-state index contributed by atoms with van der Waals surface area (Å²) in [5, 5.41) is 2.99. The molecular weight excluding hydrogens is 226 g/mol. The number of hydrogen-bond acceptors (Lipinski definition) is 5. The predicted octanol–water partition coefficient (Wildman–Crippen LogP) is 0.817. The van der Waals surface area contributed by atoms with Crippen molar-refractivity contribution >= 4 is 21.3 Å². The zero-order chi connectivity index (χ0) is 12.3. The SMILES string of the molecule is Cc1ccnc(NC(C)CS(C)(=O)=O)c1N. The molecule has 0 aliphatic carbocycles. The Morgan fingerprint density at radius 2 is 2.19 bits per heavy atom. The lowest BCUT2D eigenvalue weighted by atomic mass is 10.2. The Labute approximate surface area is 96.0 Å². The molecule has 90 valence electrons. The van der Waals surface area contributed by atoms with Gasteiger partial charge in [0.2, 0.25) is 0 Å². The summed E-state index contributed by atoms with van der Waals surface area (Å²) in [5.41, 5.74) is 7.30. The number of nitrogens with two attached hydrogens (primary N) is 1. The van der Waals surface area contributed by atoms with Crippen molar-refractivity contribution in [1.82, 2.24) is 4.98 Å². The molecule has 0 radical (unpaired) electrons. The van der Waals surface area contributed by atoms with E-state index >= 15 is 0 Å². The molecular formula is C10H17N3O2S. The number of pyridine rings is 1. The van der Waals surface area contributed by atoms with E-state index in [1.807, 2.05) is 13.0 Å². The minimum absolute atomic E-state index is 0.0576. The summed E-state index contributed by atoms with van der Waals surface area (Å²) < 4.78 is 22.2. The zero-order valence-electron chi connectivity index (χ0n) is 9.69. The molecule has 1 rings (SSSR count). The summed E-state index contributed by atoms with van der Waals surface area (Å²) in [4.78, 5) is 4.08. The van der Waals surface area contributed by atoms with Crippen molar-refractivity contribution in [2.75, 3.05) is 23.1 Å². The van der Waals surface area contributed by atoms with Crippen molar-refractivity contribution in [3.8, 4) is 0 Å². The van der Waals surface area contributed by atoms with Gasteiger partial charge in [0.05, 0.1) is 11.4 Å². The van der Waals surface area contributed by atoms with Crippen molar-refractivity contribution in [2.45, 2.75) is 19.9 Å². The molecule has 6 heteroatoms. The van der Waals surface area contributed by atoms with Crippen molar-refractivity contribution < 1.29 is 8.42 Å². The van der Waals surface area contributed by atoms with Crippen LogP contribution in [0.5, 0.6) is 0 Å². The van der Waals surface area contributed by atoms with E-state index in [0.29, 0.717) is 11.5 Å². The average molecular weight is 243 g/mol. The van der Waals surface area contributed by atoms with E-state index in [4.69, 9.17) is 5.73 Å². The van der Waals surface area contributed by atoms with Crippen LogP contribution >= 0.6 is 0 Å². The number of rotatable bonds is 4. The standard InChI is InChI=1S/C10H17N3O2S/c1-7-4-5-12-10(9(7)11)13-8(2)6-16(3,14)15/h4-5,8H,6,11H2,1-3H3,(H,12,13). The fraction of sp³-hybridized carbons (Fsp3) is 0.500. The van der Waals surface area contributed by atoms with E-state index in [9.17, 15) is 8.42 Å². The molecule has 0 aromatic carbocycles. The highest BCUT2D eigenvalue weighted by Gasteiger charge is 2.12. The van der Waals surface area contributed by atoms with Crippen LogP contribution in [0.1, 0.15) is 12.5 Å². The van der Waals surface area contributed by atoms with Crippen LogP contribution in [0.25, 0.3) is 0 Å². The summed E-state index contributed by atoms with van der Waals surface area (Å²) >= 11 is 0. The van der Waals surface area contributed by atoms with Crippen LogP contribution in [0.15, 0.2) is 12.3 Å². The third-order valence-electron chi connectivity index (χ3n) is 2.14. The Kier molecular flexibility index (Phi) is 3.74. The predicted molar refractivity (Wildman–Crippen MR) is 66.2 cm³/mol. The van der Waals surface area contributed by atoms with Gasteiger partial charge < -0.3 is 11.1 Å². The molecule has 0 spiro atoms. The van der Waals surface area contributed by atoms with Crippen molar-refractivity contribution in [3.05, 3.63) is 17.8 Å². The number of aryl methyl sites for hydroxylation is 1. The third-order valence-corrected chi connectivity index (χ3v) is 3.25. The zero-order valence-corrected chi connectivity index (χ0v) is 10.5. The van der Waals surface area contributed by atoms with Gasteiger partial charge >= 0.3 is 0 Å². The smallest absolute Gasteiger partial charge is 0.149 e. The van der Waals surface area contributed by atoms with Gasteiger partial charge in [0, 0.05) is 18.5 Å². The molecule has 1 atom stereocenters. The molecule has 0 bridgehead atoms. The summed E-state index contributed by atoms with van der Waals surface area (Å²) in [6.45, 7) is 3.66. The first-order valence-electron chi connectivity index (χ1n) is 4.95. The highest BCUT2D eigenvalue weighted by atomic mass is 32.2. The molecule has 1 aromatic rings. The van der Waals surface area contributed by atoms with E-state index in [1.165, 1.54) is 6.26 Å². The first kappa shape index (κ1) is 12.8. The fourth-order valence-electron chi connectivity index (χ4n) is 1.41. The van der Waals surface area contributed by atoms with Gasteiger partial charge in [-0.2, -0.15) is 0 Å². The van der Waals surface area contributed by atoms with Crippen LogP contribution in [0.2, 0.25) is 0 Å². The number of aromatic nitrogens is 1. The van der Waals surface area contributed by atoms with Gasteiger partial charge in [-0.05, 0) is 25.5 Å². The van der Waals surface area contributed by atoms with Crippen LogP contribution in [0, 0.1) is 6.92 Å². The molecule has 0 saturated heterocycles. The van der Waals surface area contributed by atoms with E-state index in [0.717, 1.165) is 5.56 Å². The van der Waals surface area contributed by atoms with Crippen LogP contribution in [0.4, 0.5) is 11.5 Å². The van der Waals surface area contributed by atoms with E-state index in [-0.39, 0.29) is 11.8 Å². The van der Waals surface area contributed by atoms with E-state index in [1.54, 1.807) is 13.1 Å². The Bertz CT molecular complexity index is 471. The van der Waals surface area contributed by atoms with Crippen LogP contribution in [-0.2, 0) is 9.84 Å². The van der Waals surface area contributed by atoms with E-state index < -0.39 is 9.84 Å². The number of sulfone groups is 1. The largest absolute Gasteiger partial charge is 0.396 e. The number of nitrogen functional groups attached to an aromatic ring is 1. The maximum Gasteiger partial charge on any atom is 0.149 e. The highest BCUT2D eigenvalue weighted by Crippen LogP contribution is 2.19. The number of hydrogen-bond donors (Lipinski definition) is 2. The Balaban J connectivity index is 2.77. The third kappa shape index (κ3) is 3.69. The second-order valence-electron chi connectivity index (χ2n) is 4.03. The van der Waals surface area contributed by atoms with E-state index in [2.05, 4.69) is 10.3 Å². The van der Waals surface area contributed by atoms with Gasteiger partial charge in [0.15, 0.2) is 0 Å². The van der Waals surface area contributed by atoms with Crippen LogP contribution in [0.3, 0.4) is 0 Å².